The average Bonchev–Trinajstić information content (AvgIpc) is 2.49. The highest BCUT2D eigenvalue weighted by molar-refractivity contribution is 9.09. The summed E-state index contributed by atoms with van der Waals surface area (Å²) in [5.41, 5.74) is 0.693. The third-order valence-corrected chi connectivity index (χ3v) is 3.47. The van der Waals surface area contributed by atoms with Gasteiger partial charge in [-0.2, -0.15) is 0 Å². The van der Waals surface area contributed by atoms with Crippen molar-refractivity contribution in [3.05, 3.63) is 23.7 Å². The maximum Gasteiger partial charge on any atom is 0.257 e. The van der Waals surface area contributed by atoms with Gasteiger partial charge >= 0.3 is 0 Å². The van der Waals surface area contributed by atoms with E-state index < -0.39 is 0 Å². The molecule has 2 heterocycles. The summed E-state index contributed by atoms with van der Waals surface area (Å²) in [5, 5.41) is 0.973. The van der Waals surface area contributed by atoms with Gasteiger partial charge in [0.05, 0.1) is 11.8 Å². The van der Waals surface area contributed by atoms with Crippen molar-refractivity contribution < 1.29 is 9.21 Å². The van der Waals surface area contributed by atoms with Crippen LogP contribution in [0.2, 0.25) is 0 Å². The summed E-state index contributed by atoms with van der Waals surface area (Å²) in [7, 11) is 0. The first-order valence-corrected chi connectivity index (χ1v) is 5.74. The molecule has 0 saturated carbocycles. The molecule has 0 aromatic carbocycles. The summed E-state index contributed by atoms with van der Waals surface area (Å²) in [5.74, 6) is 1.41. The summed E-state index contributed by atoms with van der Waals surface area (Å²) < 4.78 is 5.10. The smallest absolute Gasteiger partial charge is 0.257 e. The van der Waals surface area contributed by atoms with Gasteiger partial charge in [0.1, 0.15) is 5.76 Å². The number of carbonyl (C=O) groups excluding carboxylic acids is 1. The zero-order valence-electron chi connectivity index (χ0n) is 8.00. The Balaban J connectivity index is 2.01. The molecular weight excluding hydrogens is 246 g/mol. The van der Waals surface area contributed by atoms with Crippen LogP contribution in [0.25, 0.3) is 0 Å². The fourth-order valence-electron chi connectivity index (χ4n) is 1.61. The summed E-state index contributed by atoms with van der Waals surface area (Å²) in [6.07, 6.45) is 1.56. The molecule has 1 saturated heterocycles. The lowest BCUT2D eigenvalue weighted by Gasteiger charge is -2.38. The van der Waals surface area contributed by atoms with Crippen LogP contribution in [-0.2, 0) is 0 Å². The van der Waals surface area contributed by atoms with Gasteiger partial charge in [-0.25, -0.2) is 0 Å². The van der Waals surface area contributed by atoms with Gasteiger partial charge in [0.2, 0.25) is 0 Å². The van der Waals surface area contributed by atoms with E-state index in [1.54, 1.807) is 12.3 Å². The zero-order chi connectivity index (χ0) is 10.1. The van der Waals surface area contributed by atoms with E-state index in [-0.39, 0.29) is 5.91 Å². The Morgan fingerprint density at radius 1 is 1.71 bits per heavy atom. The molecule has 1 aromatic rings. The number of aryl methyl sites for hydroxylation is 1. The monoisotopic (exact) mass is 257 g/mol. The molecule has 0 unspecified atom stereocenters. The molecule has 2 rings (SSSR count). The normalized spacial score (nSPS) is 16.9. The minimum absolute atomic E-state index is 0.0912. The molecule has 0 atom stereocenters. The number of hydrogen-bond donors (Lipinski definition) is 0. The summed E-state index contributed by atoms with van der Waals surface area (Å²) in [4.78, 5) is 13.7. The van der Waals surface area contributed by atoms with Gasteiger partial charge in [-0.15, -0.1) is 0 Å². The van der Waals surface area contributed by atoms with E-state index in [4.69, 9.17) is 4.42 Å². The van der Waals surface area contributed by atoms with Crippen LogP contribution in [0.4, 0.5) is 0 Å². The lowest BCUT2D eigenvalue weighted by molar-refractivity contribution is 0.0537. The molecule has 1 aliphatic rings. The van der Waals surface area contributed by atoms with Crippen molar-refractivity contribution in [3.8, 4) is 0 Å². The number of nitrogens with zero attached hydrogens (tertiary/aromatic N) is 1. The molecular formula is C10H12BrNO2. The minimum atomic E-state index is 0.0912. The summed E-state index contributed by atoms with van der Waals surface area (Å²) in [6.45, 7) is 3.53. The summed E-state index contributed by atoms with van der Waals surface area (Å²) >= 11 is 3.41. The molecule has 0 N–H and O–H groups in total. The fraction of sp³-hybridized carbons (Fsp3) is 0.500. The Morgan fingerprint density at radius 2 is 2.43 bits per heavy atom. The molecule has 3 nitrogen and oxygen atoms in total. The molecule has 0 spiro atoms. The summed E-state index contributed by atoms with van der Waals surface area (Å²) in [6, 6.07) is 1.74. The van der Waals surface area contributed by atoms with Crippen LogP contribution in [0.1, 0.15) is 16.1 Å². The molecule has 14 heavy (non-hydrogen) atoms. The Hall–Kier alpha value is -0.770. The highest BCUT2D eigenvalue weighted by Gasteiger charge is 2.31. The second-order valence-electron chi connectivity index (χ2n) is 3.62. The third-order valence-electron chi connectivity index (χ3n) is 2.55. The first kappa shape index (κ1) is 9.77. The van der Waals surface area contributed by atoms with Gasteiger partial charge in [-0.05, 0) is 13.0 Å². The van der Waals surface area contributed by atoms with Crippen molar-refractivity contribution in [3.63, 3.8) is 0 Å². The van der Waals surface area contributed by atoms with E-state index in [2.05, 4.69) is 15.9 Å². The van der Waals surface area contributed by atoms with E-state index in [0.29, 0.717) is 17.2 Å². The first-order valence-electron chi connectivity index (χ1n) is 4.61. The minimum Gasteiger partial charge on any atom is -0.469 e. The van der Waals surface area contributed by atoms with E-state index in [1.807, 2.05) is 11.8 Å². The van der Waals surface area contributed by atoms with E-state index in [9.17, 15) is 4.79 Å². The molecule has 0 radical (unpaired) electrons. The molecule has 76 valence electrons. The Kier molecular flexibility index (Phi) is 2.63. The highest BCUT2D eigenvalue weighted by Crippen LogP contribution is 2.21. The number of amides is 1. The number of alkyl halides is 1. The average molecular weight is 258 g/mol. The maximum absolute atomic E-state index is 11.8. The van der Waals surface area contributed by atoms with Gasteiger partial charge in [-0.1, -0.05) is 15.9 Å². The van der Waals surface area contributed by atoms with Crippen LogP contribution >= 0.6 is 15.9 Å². The molecule has 1 fully saturated rings. The molecule has 1 aliphatic heterocycles. The maximum atomic E-state index is 11.8. The van der Waals surface area contributed by atoms with Crippen molar-refractivity contribution in [1.82, 2.24) is 4.90 Å². The van der Waals surface area contributed by atoms with Crippen LogP contribution in [0.3, 0.4) is 0 Å². The SMILES string of the molecule is Cc1occc1C(=O)N1CC(CBr)C1. The predicted molar refractivity (Wildman–Crippen MR) is 56.6 cm³/mol. The van der Waals surface area contributed by atoms with Crippen LogP contribution in [0, 0.1) is 12.8 Å². The third kappa shape index (κ3) is 1.59. The molecule has 1 amide bonds. The Bertz CT molecular complexity index is 342. The van der Waals surface area contributed by atoms with Gasteiger partial charge in [0, 0.05) is 24.3 Å². The fourth-order valence-corrected chi connectivity index (χ4v) is 2.02. The topological polar surface area (TPSA) is 33.5 Å². The van der Waals surface area contributed by atoms with Gasteiger partial charge < -0.3 is 9.32 Å². The standard InChI is InChI=1S/C10H12BrNO2/c1-7-9(2-3-14-7)10(13)12-5-8(4-11)6-12/h2-3,8H,4-6H2,1H3. The Labute approximate surface area is 91.2 Å². The second kappa shape index (κ2) is 3.77. The first-order chi connectivity index (χ1) is 6.72. The van der Waals surface area contributed by atoms with Crippen molar-refractivity contribution in [2.45, 2.75) is 6.92 Å². The van der Waals surface area contributed by atoms with Crippen LogP contribution < -0.4 is 0 Å². The number of likely N-dealkylation sites (tertiary alicyclic amines) is 1. The number of furan rings is 1. The molecule has 4 heteroatoms. The number of halogens is 1. The van der Waals surface area contributed by atoms with Gasteiger partial charge in [0.15, 0.2) is 0 Å². The Morgan fingerprint density at radius 3 is 2.93 bits per heavy atom. The van der Waals surface area contributed by atoms with Crippen molar-refractivity contribution in [1.29, 1.82) is 0 Å². The molecule has 1 aromatic heterocycles. The quantitative estimate of drug-likeness (QED) is 0.761. The van der Waals surface area contributed by atoms with E-state index >= 15 is 0 Å². The number of hydrogen-bond acceptors (Lipinski definition) is 2. The van der Waals surface area contributed by atoms with Crippen molar-refractivity contribution in [2.75, 3.05) is 18.4 Å². The lowest BCUT2D eigenvalue weighted by atomic mass is 10.0. The number of carbonyl (C=O) groups is 1. The van der Waals surface area contributed by atoms with Crippen LogP contribution in [-0.4, -0.2) is 29.2 Å². The second-order valence-corrected chi connectivity index (χ2v) is 4.27. The highest BCUT2D eigenvalue weighted by atomic mass is 79.9. The predicted octanol–water partition coefficient (Wildman–Crippen LogP) is 2.05. The molecule has 0 bridgehead atoms. The van der Waals surface area contributed by atoms with Crippen molar-refractivity contribution in [2.24, 2.45) is 5.92 Å². The van der Waals surface area contributed by atoms with Crippen molar-refractivity contribution >= 4 is 21.8 Å². The van der Waals surface area contributed by atoms with Gasteiger partial charge in [-0.3, -0.25) is 4.79 Å². The van der Waals surface area contributed by atoms with E-state index in [1.165, 1.54) is 0 Å². The lowest BCUT2D eigenvalue weighted by Crippen LogP contribution is -2.50. The van der Waals surface area contributed by atoms with Crippen LogP contribution in [0.15, 0.2) is 16.7 Å². The van der Waals surface area contributed by atoms with E-state index in [0.717, 1.165) is 18.4 Å². The van der Waals surface area contributed by atoms with Crippen LogP contribution in [0.5, 0.6) is 0 Å². The zero-order valence-corrected chi connectivity index (χ0v) is 9.58. The molecule has 0 aliphatic carbocycles. The largest absolute Gasteiger partial charge is 0.469 e. The van der Waals surface area contributed by atoms with Gasteiger partial charge in [0.25, 0.3) is 5.91 Å². The number of rotatable bonds is 2.